The third-order valence-corrected chi connectivity index (χ3v) is 2.12. The fourth-order valence-corrected chi connectivity index (χ4v) is 1.40. The number of Topliss-reactive ketones (excluding diaryl/α,β-unsaturated/α-hetero) is 1. The number of carbonyl (C=O) groups is 1. The summed E-state index contributed by atoms with van der Waals surface area (Å²) >= 11 is 0. The first-order chi connectivity index (χ1) is 6.72. The summed E-state index contributed by atoms with van der Waals surface area (Å²) in [6, 6.07) is 1.32. The number of pyridine rings is 1. The molecule has 0 saturated heterocycles. The molecule has 1 N–H and O–H groups in total. The van der Waals surface area contributed by atoms with Crippen molar-refractivity contribution < 1.29 is 9.18 Å². The van der Waals surface area contributed by atoms with Gasteiger partial charge in [-0.25, -0.2) is 9.37 Å². The summed E-state index contributed by atoms with van der Waals surface area (Å²) in [6.07, 6.45) is 3.10. The summed E-state index contributed by atoms with van der Waals surface area (Å²) in [4.78, 5) is 18.1. The summed E-state index contributed by atoms with van der Waals surface area (Å²) in [5.41, 5.74) is 1.05. The number of nitrogens with one attached hydrogen (secondary N) is 1. The fraction of sp³-hybridized carbons (Fsp3) is 0.200. The molecule has 0 aromatic carbocycles. The minimum absolute atomic E-state index is 0.0105. The van der Waals surface area contributed by atoms with E-state index in [9.17, 15) is 9.18 Å². The van der Waals surface area contributed by atoms with Crippen molar-refractivity contribution in [3.63, 3.8) is 0 Å². The van der Waals surface area contributed by atoms with Crippen molar-refractivity contribution >= 4 is 16.8 Å². The Kier molecular flexibility index (Phi) is 2.04. The molecule has 0 spiro atoms. The topological polar surface area (TPSA) is 45.8 Å². The lowest BCUT2D eigenvalue weighted by molar-refractivity contribution is 0.0990. The number of hydrogen-bond donors (Lipinski definition) is 1. The van der Waals surface area contributed by atoms with E-state index in [0.717, 1.165) is 6.20 Å². The zero-order valence-electron chi connectivity index (χ0n) is 7.67. The van der Waals surface area contributed by atoms with Crippen LogP contribution in [0.15, 0.2) is 18.5 Å². The van der Waals surface area contributed by atoms with Crippen LogP contribution in [0.3, 0.4) is 0 Å². The Morgan fingerprint density at radius 2 is 2.43 bits per heavy atom. The molecular formula is C10H9FN2O. The maximum absolute atomic E-state index is 12.9. The number of halogens is 1. The van der Waals surface area contributed by atoms with Crippen LogP contribution >= 0.6 is 0 Å². The summed E-state index contributed by atoms with van der Waals surface area (Å²) < 4.78 is 12.9. The van der Waals surface area contributed by atoms with Crippen LogP contribution in [0, 0.1) is 5.82 Å². The Morgan fingerprint density at radius 3 is 3.14 bits per heavy atom. The number of hydrogen-bond acceptors (Lipinski definition) is 2. The van der Waals surface area contributed by atoms with Crippen molar-refractivity contribution in [3.8, 4) is 0 Å². The second-order valence-corrected chi connectivity index (χ2v) is 3.03. The van der Waals surface area contributed by atoms with Gasteiger partial charge in [0.25, 0.3) is 0 Å². The van der Waals surface area contributed by atoms with Gasteiger partial charge in [-0.15, -0.1) is 0 Å². The predicted molar refractivity (Wildman–Crippen MR) is 50.7 cm³/mol. The summed E-state index contributed by atoms with van der Waals surface area (Å²) in [5, 5.41) is 0.553. The fourth-order valence-electron chi connectivity index (χ4n) is 1.40. The minimum atomic E-state index is -0.428. The predicted octanol–water partition coefficient (Wildman–Crippen LogP) is 2.29. The SMILES string of the molecule is CCC(=O)c1c[nH]c2ncc(F)cc12. The first-order valence-electron chi connectivity index (χ1n) is 4.38. The molecule has 4 heteroatoms. The molecule has 2 rings (SSSR count). The van der Waals surface area contributed by atoms with Crippen LogP contribution in [-0.4, -0.2) is 15.8 Å². The van der Waals surface area contributed by atoms with Crippen molar-refractivity contribution in [1.29, 1.82) is 0 Å². The van der Waals surface area contributed by atoms with Crippen molar-refractivity contribution in [2.75, 3.05) is 0 Å². The van der Waals surface area contributed by atoms with Crippen LogP contribution < -0.4 is 0 Å². The van der Waals surface area contributed by atoms with Crippen LogP contribution in [0.5, 0.6) is 0 Å². The molecule has 0 bridgehead atoms. The van der Waals surface area contributed by atoms with Crippen LogP contribution in [-0.2, 0) is 0 Å². The van der Waals surface area contributed by atoms with Crippen molar-refractivity contribution in [1.82, 2.24) is 9.97 Å². The zero-order valence-corrected chi connectivity index (χ0v) is 7.67. The highest BCUT2D eigenvalue weighted by Gasteiger charge is 2.11. The molecule has 14 heavy (non-hydrogen) atoms. The van der Waals surface area contributed by atoms with E-state index in [1.165, 1.54) is 6.07 Å². The molecule has 0 radical (unpaired) electrons. The van der Waals surface area contributed by atoms with Crippen LogP contribution in [0.1, 0.15) is 23.7 Å². The first-order valence-corrected chi connectivity index (χ1v) is 4.38. The zero-order chi connectivity index (χ0) is 10.1. The standard InChI is InChI=1S/C10H9FN2O/c1-2-9(14)8-5-13-10-7(8)3-6(11)4-12-10/h3-5H,2H2,1H3,(H,12,13). The summed E-state index contributed by atoms with van der Waals surface area (Å²) in [6.45, 7) is 1.77. The van der Waals surface area contributed by atoms with E-state index in [2.05, 4.69) is 9.97 Å². The Bertz CT molecular complexity index is 490. The van der Waals surface area contributed by atoms with Gasteiger partial charge in [0.1, 0.15) is 11.5 Å². The molecule has 0 aliphatic rings. The molecule has 72 valence electrons. The Hall–Kier alpha value is -1.71. The van der Waals surface area contributed by atoms with E-state index in [1.54, 1.807) is 13.1 Å². The third kappa shape index (κ3) is 1.28. The molecule has 0 aliphatic carbocycles. The number of nitrogens with zero attached hydrogens (tertiary/aromatic N) is 1. The largest absolute Gasteiger partial charge is 0.345 e. The molecular weight excluding hydrogens is 183 g/mol. The van der Waals surface area contributed by atoms with Crippen LogP contribution in [0.4, 0.5) is 4.39 Å². The third-order valence-electron chi connectivity index (χ3n) is 2.12. The molecule has 3 nitrogen and oxygen atoms in total. The maximum Gasteiger partial charge on any atom is 0.164 e. The van der Waals surface area contributed by atoms with Gasteiger partial charge < -0.3 is 4.98 Å². The number of carbonyl (C=O) groups excluding carboxylic acids is 1. The molecule has 2 heterocycles. The highest BCUT2D eigenvalue weighted by molar-refractivity contribution is 6.06. The summed E-state index contributed by atoms with van der Waals surface area (Å²) in [7, 11) is 0. The van der Waals surface area contributed by atoms with E-state index in [1.807, 2.05) is 0 Å². The normalized spacial score (nSPS) is 10.7. The Morgan fingerprint density at radius 1 is 1.64 bits per heavy atom. The van der Waals surface area contributed by atoms with Crippen LogP contribution in [0.25, 0.3) is 11.0 Å². The van der Waals surface area contributed by atoms with Crippen molar-refractivity contribution in [2.45, 2.75) is 13.3 Å². The molecule has 0 saturated carbocycles. The van der Waals surface area contributed by atoms with Gasteiger partial charge in [0.15, 0.2) is 5.78 Å². The molecule has 0 unspecified atom stereocenters. The molecule has 0 amide bonds. The van der Waals surface area contributed by atoms with Gasteiger partial charge in [0.2, 0.25) is 0 Å². The maximum atomic E-state index is 12.9. The molecule has 0 fully saturated rings. The molecule has 0 atom stereocenters. The Labute approximate surface area is 80.0 Å². The number of H-pyrrole nitrogens is 1. The number of fused-ring (bicyclic) bond motifs is 1. The lowest BCUT2D eigenvalue weighted by atomic mass is 10.1. The van der Waals surface area contributed by atoms with Gasteiger partial charge in [0, 0.05) is 23.6 Å². The van der Waals surface area contributed by atoms with Gasteiger partial charge in [-0.2, -0.15) is 0 Å². The molecule has 0 aliphatic heterocycles. The summed E-state index contributed by atoms with van der Waals surface area (Å²) in [5.74, 6) is -0.439. The van der Waals surface area contributed by atoms with E-state index in [4.69, 9.17) is 0 Å². The van der Waals surface area contributed by atoms with E-state index in [0.29, 0.717) is 23.0 Å². The number of aromatic amines is 1. The van der Waals surface area contributed by atoms with Crippen molar-refractivity contribution in [2.24, 2.45) is 0 Å². The van der Waals surface area contributed by atoms with Gasteiger partial charge in [0.05, 0.1) is 6.20 Å². The lowest BCUT2D eigenvalue weighted by Gasteiger charge is -1.94. The second kappa shape index (κ2) is 3.21. The number of ketones is 1. The lowest BCUT2D eigenvalue weighted by Crippen LogP contribution is -1.94. The van der Waals surface area contributed by atoms with Gasteiger partial charge >= 0.3 is 0 Å². The van der Waals surface area contributed by atoms with Crippen molar-refractivity contribution in [3.05, 3.63) is 29.8 Å². The average molecular weight is 192 g/mol. The number of rotatable bonds is 2. The van der Waals surface area contributed by atoms with Gasteiger partial charge in [-0.1, -0.05) is 6.92 Å². The molecule has 2 aromatic rings. The Balaban J connectivity index is 2.67. The van der Waals surface area contributed by atoms with E-state index in [-0.39, 0.29) is 5.78 Å². The van der Waals surface area contributed by atoms with E-state index >= 15 is 0 Å². The first kappa shape index (κ1) is 8.87. The van der Waals surface area contributed by atoms with Crippen LogP contribution in [0.2, 0.25) is 0 Å². The minimum Gasteiger partial charge on any atom is -0.345 e. The second-order valence-electron chi connectivity index (χ2n) is 3.03. The van der Waals surface area contributed by atoms with E-state index < -0.39 is 5.82 Å². The highest BCUT2D eigenvalue weighted by atomic mass is 19.1. The van der Waals surface area contributed by atoms with Gasteiger partial charge in [-0.05, 0) is 6.07 Å². The number of aromatic nitrogens is 2. The smallest absolute Gasteiger partial charge is 0.164 e. The molecule has 2 aromatic heterocycles. The average Bonchev–Trinajstić information content (AvgIpc) is 2.59. The highest BCUT2D eigenvalue weighted by Crippen LogP contribution is 2.18. The quantitative estimate of drug-likeness (QED) is 0.742. The monoisotopic (exact) mass is 192 g/mol. The van der Waals surface area contributed by atoms with Gasteiger partial charge in [-0.3, -0.25) is 4.79 Å².